The molecular weight excluding hydrogens is 295 g/mol. The number of amides is 2. The molecule has 0 radical (unpaired) electrons. The zero-order chi connectivity index (χ0) is 16.2. The summed E-state index contributed by atoms with van der Waals surface area (Å²) in [5.74, 6) is -0.830. The van der Waals surface area contributed by atoms with Gasteiger partial charge in [-0.15, -0.1) is 0 Å². The second-order valence-corrected chi connectivity index (χ2v) is 5.52. The zero-order valence-corrected chi connectivity index (χ0v) is 12.6. The van der Waals surface area contributed by atoms with Gasteiger partial charge in [0.05, 0.1) is 0 Å². The van der Waals surface area contributed by atoms with Crippen molar-refractivity contribution < 1.29 is 14.0 Å². The molecular formula is C18H17FN2O2. The lowest BCUT2D eigenvalue weighted by Gasteiger charge is -2.22. The van der Waals surface area contributed by atoms with E-state index in [1.165, 1.54) is 23.1 Å². The molecule has 0 aliphatic carbocycles. The molecule has 118 valence electrons. The topological polar surface area (TPSA) is 49.4 Å². The third-order valence-electron chi connectivity index (χ3n) is 3.83. The minimum atomic E-state index is -0.418. The Labute approximate surface area is 133 Å². The third kappa shape index (κ3) is 3.56. The molecule has 3 rings (SSSR count). The lowest BCUT2D eigenvalue weighted by molar-refractivity contribution is -0.121. The monoisotopic (exact) mass is 312 g/mol. The highest BCUT2D eigenvalue weighted by molar-refractivity contribution is 6.03. The van der Waals surface area contributed by atoms with Crippen molar-refractivity contribution in [1.29, 1.82) is 0 Å². The molecule has 4 nitrogen and oxygen atoms in total. The van der Waals surface area contributed by atoms with Gasteiger partial charge in [0, 0.05) is 17.8 Å². The van der Waals surface area contributed by atoms with Gasteiger partial charge in [-0.2, -0.15) is 0 Å². The average molecular weight is 312 g/mol. The van der Waals surface area contributed by atoms with Crippen molar-refractivity contribution in [3.05, 3.63) is 59.9 Å². The highest BCUT2D eigenvalue weighted by Crippen LogP contribution is 2.26. The van der Waals surface area contributed by atoms with E-state index < -0.39 is 5.82 Å². The first-order valence-electron chi connectivity index (χ1n) is 7.57. The molecule has 1 aliphatic heterocycles. The molecule has 0 unspecified atom stereocenters. The summed E-state index contributed by atoms with van der Waals surface area (Å²) >= 11 is 0. The van der Waals surface area contributed by atoms with Crippen LogP contribution in [0.2, 0.25) is 0 Å². The van der Waals surface area contributed by atoms with Gasteiger partial charge in [0.25, 0.3) is 0 Å². The molecule has 0 spiro atoms. The number of hydrogen-bond donors (Lipinski definition) is 1. The van der Waals surface area contributed by atoms with Gasteiger partial charge < -0.3 is 10.2 Å². The van der Waals surface area contributed by atoms with Crippen molar-refractivity contribution in [1.82, 2.24) is 0 Å². The normalized spacial score (nSPS) is 14.1. The molecule has 2 aromatic carbocycles. The van der Waals surface area contributed by atoms with Gasteiger partial charge >= 0.3 is 0 Å². The van der Waals surface area contributed by atoms with Crippen LogP contribution in [0, 0.1) is 5.82 Å². The Morgan fingerprint density at radius 1 is 1.13 bits per heavy atom. The second kappa shape index (κ2) is 6.60. The molecule has 0 atom stereocenters. The Hall–Kier alpha value is -2.69. The number of fused-ring (bicyclic) bond motifs is 1. The molecule has 0 aromatic heterocycles. The van der Waals surface area contributed by atoms with Crippen molar-refractivity contribution in [2.24, 2.45) is 0 Å². The van der Waals surface area contributed by atoms with Gasteiger partial charge in [-0.1, -0.05) is 24.3 Å². The summed E-state index contributed by atoms with van der Waals surface area (Å²) < 4.78 is 13.2. The van der Waals surface area contributed by atoms with E-state index in [-0.39, 0.29) is 18.4 Å². The van der Waals surface area contributed by atoms with E-state index in [2.05, 4.69) is 5.32 Å². The van der Waals surface area contributed by atoms with E-state index in [4.69, 9.17) is 0 Å². The van der Waals surface area contributed by atoms with E-state index in [1.807, 2.05) is 24.3 Å². The summed E-state index contributed by atoms with van der Waals surface area (Å²) in [6.45, 7) is -0.0770. The molecule has 0 saturated carbocycles. The first-order valence-corrected chi connectivity index (χ1v) is 7.57. The van der Waals surface area contributed by atoms with E-state index in [9.17, 15) is 14.0 Å². The summed E-state index contributed by atoms with van der Waals surface area (Å²) in [5.41, 5.74) is 2.23. The quantitative estimate of drug-likeness (QED) is 0.946. The van der Waals surface area contributed by atoms with Crippen LogP contribution in [0.1, 0.15) is 18.4 Å². The summed E-state index contributed by atoms with van der Waals surface area (Å²) in [6, 6.07) is 13.3. The summed E-state index contributed by atoms with van der Waals surface area (Å²) in [4.78, 5) is 26.0. The number of nitrogens with one attached hydrogen (secondary N) is 1. The number of rotatable bonds is 3. The van der Waals surface area contributed by atoms with E-state index in [0.29, 0.717) is 12.1 Å². The average Bonchev–Trinajstić information content (AvgIpc) is 2.67. The van der Waals surface area contributed by atoms with Crippen LogP contribution >= 0.6 is 0 Å². The van der Waals surface area contributed by atoms with Crippen LogP contribution in [-0.4, -0.2) is 18.4 Å². The third-order valence-corrected chi connectivity index (χ3v) is 3.83. The minimum absolute atomic E-state index is 0.0654. The highest BCUT2D eigenvalue weighted by atomic mass is 19.1. The van der Waals surface area contributed by atoms with Gasteiger partial charge in [0.15, 0.2) is 0 Å². The smallest absolute Gasteiger partial charge is 0.244 e. The van der Waals surface area contributed by atoms with Crippen LogP contribution in [0.4, 0.5) is 15.8 Å². The van der Waals surface area contributed by atoms with Crippen molar-refractivity contribution in [3.8, 4) is 0 Å². The highest BCUT2D eigenvalue weighted by Gasteiger charge is 2.23. The number of aryl methyl sites for hydroxylation is 1. The van der Waals surface area contributed by atoms with E-state index in [1.54, 1.807) is 6.07 Å². The fourth-order valence-corrected chi connectivity index (χ4v) is 2.77. The molecule has 1 aliphatic rings. The minimum Gasteiger partial charge on any atom is -0.324 e. The van der Waals surface area contributed by atoms with Crippen LogP contribution in [0.5, 0.6) is 0 Å². The number of para-hydroxylation sites is 1. The van der Waals surface area contributed by atoms with Gasteiger partial charge in [-0.3, -0.25) is 9.59 Å². The Morgan fingerprint density at radius 3 is 2.78 bits per heavy atom. The lowest BCUT2D eigenvalue weighted by atomic mass is 10.1. The molecule has 0 saturated heterocycles. The summed E-state index contributed by atoms with van der Waals surface area (Å²) in [5, 5.41) is 2.63. The number of benzene rings is 2. The molecule has 1 heterocycles. The zero-order valence-electron chi connectivity index (χ0n) is 12.6. The fraction of sp³-hybridized carbons (Fsp3) is 0.222. The Balaban J connectivity index is 1.78. The van der Waals surface area contributed by atoms with Gasteiger partial charge in [-0.05, 0) is 42.7 Å². The van der Waals surface area contributed by atoms with Gasteiger partial charge in [0.2, 0.25) is 11.8 Å². The second-order valence-electron chi connectivity index (χ2n) is 5.52. The molecule has 2 aromatic rings. The Kier molecular flexibility index (Phi) is 4.37. The maximum Gasteiger partial charge on any atom is 0.244 e. The largest absolute Gasteiger partial charge is 0.324 e. The maximum absolute atomic E-state index is 13.2. The van der Waals surface area contributed by atoms with Crippen molar-refractivity contribution >= 4 is 23.2 Å². The first kappa shape index (κ1) is 15.2. The van der Waals surface area contributed by atoms with Crippen LogP contribution in [0.3, 0.4) is 0 Å². The van der Waals surface area contributed by atoms with Gasteiger partial charge in [0.1, 0.15) is 12.4 Å². The predicted octanol–water partition coefficient (Wildman–Crippen LogP) is 3.13. The lowest BCUT2D eigenvalue weighted by Crippen LogP contribution is -2.37. The van der Waals surface area contributed by atoms with Crippen molar-refractivity contribution in [2.45, 2.75) is 19.3 Å². The Morgan fingerprint density at radius 2 is 1.96 bits per heavy atom. The summed E-state index contributed by atoms with van der Waals surface area (Å²) in [7, 11) is 0. The number of anilines is 2. The van der Waals surface area contributed by atoms with Crippen LogP contribution < -0.4 is 10.2 Å². The van der Waals surface area contributed by atoms with E-state index >= 15 is 0 Å². The van der Waals surface area contributed by atoms with Crippen LogP contribution in [0.25, 0.3) is 0 Å². The molecule has 0 bridgehead atoms. The molecule has 5 heteroatoms. The number of halogens is 1. The van der Waals surface area contributed by atoms with Gasteiger partial charge in [-0.25, -0.2) is 4.39 Å². The number of carbonyl (C=O) groups is 2. The maximum atomic E-state index is 13.2. The van der Waals surface area contributed by atoms with Crippen molar-refractivity contribution in [2.75, 3.05) is 16.8 Å². The molecule has 1 N–H and O–H groups in total. The first-order chi connectivity index (χ1) is 11.1. The standard InChI is InChI=1S/C18H17FN2O2/c19-14-7-4-8-15(11-14)20-17(22)12-21-16-9-2-1-5-13(16)6-3-10-18(21)23/h1-2,4-5,7-9,11H,3,6,10,12H2,(H,20,22). The van der Waals surface area contributed by atoms with E-state index in [0.717, 1.165) is 24.1 Å². The number of hydrogen-bond acceptors (Lipinski definition) is 2. The predicted molar refractivity (Wildman–Crippen MR) is 86.8 cm³/mol. The number of carbonyl (C=O) groups excluding carboxylic acids is 2. The molecule has 23 heavy (non-hydrogen) atoms. The van der Waals surface area contributed by atoms with Crippen LogP contribution in [0.15, 0.2) is 48.5 Å². The number of nitrogens with zero attached hydrogens (tertiary/aromatic N) is 1. The SMILES string of the molecule is O=C(CN1C(=O)CCCc2ccccc21)Nc1cccc(F)c1. The Bertz CT molecular complexity index is 745. The summed E-state index contributed by atoms with van der Waals surface area (Å²) in [6.07, 6.45) is 2.02. The molecule has 0 fully saturated rings. The molecule has 2 amide bonds. The fourth-order valence-electron chi connectivity index (χ4n) is 2.77. The van der Waals surface area contributed by atoms with Crippen LogP contribution in [-0.2, 0) is 16.0 Å². The van der Waals surface area contributed by atoms with Crippen molar-refractivity contribution in [3.63, 3.8) is 0 Å².